The number of nitrogens with one attached hydrogen (secondary N) is 2. The van der Waals surface area contributed by atoms with E-state index in [1.165, 1.54) is 0 Å². The molecule has 0 saturated carbocycles. The topological polar surface area (TPSA) is 50.4 Å². The van der Waals surface area contributed by atoms with Crippen LogP contribution in [-0.4, -0.2) is 38.3 Å². The van der Waals surface area contributed by atoms with Gasteiger partial charge in [0.2, 0.25) is 5.91 Å². The van der Waals surface area contributed by atoms with E-state index in [2.05, 4.69) is 17.6 Å². The lowest BCUT2D eigenvalue weighted by molar-refractivity contribution is -0.122. The van der Waals surface area contributed by atoms with E-state index in [0.717, 1.165) is 32.6 Å². The maximum absolute atomic E-state index is 11.3. The Kier molecular flexibility index (Phi) is 9.52. The molecular weight excluding hydrogens is 192 g/mol. The summed E-state index contributed by atoms with van der Waals surface area (Å²) < 4.78 is 5.33. The van der Waals surface area contributed by atoms with Crippen molar-refractivity contribution in [3.63, 3.8) is 0 Å². The molecule has 0 aliphatic rings. The summed E-state index contributed by atoms with van der Waals surface area (Å²) in [6.07, 6.45) is 2.01. The molecule has 15 heavy (non-hydrogen) atoms. The van der Waals surface area contributed by atoms with Crippen LogP contribution in [0.25, 0.3) is 0 Å². The zero-order valence-corrected chi connectivity index (χ0v) is 10.1. The Bertz CT molecular complexity index is 163. The highest BCUT2D eigenvalue weighted by molar-refractivity contribution is 5.81. The minimum Gasteiger partial charge on any atom is -0.381 e. The molecule has 0 aromatic heterocycles. The molecule has 0 aliphatic carbocycles. The minimum absolute atomic E-state index is 0.0620. The molecule has 0 aromatic carbocycles. The quantitative estimate of drug-likeness (QED) is 0.563. The van der Waals surface area contributed by atoms with Crippen LogP contribution in [0.1, 0.15) is 33.6 Å². The Balaban J connectivity index is 3.30. The van der Waals surface area contributed by atoms with Crippen LogP contribution in [0.4, 0.5) is 0 Å². The average Bonchev–Trinajstić information content (AvgIpc) is 2.23. The predicted molar refractivity (Wildman–Crippen MR) is 61.9 cm³/mol. The molecule has 0 bridgehead atoms. The molecule has 0 rings (SSSR count). The maximum atomic E-state index is 11.3. The molecule has 1 atom stereocenters. The Morgan fingerprint density at radius 3 is 2.67 bits per heavy atom. The zero-order valence-electron chi connectivity index (χ0n) is 10.1. The van der Waals surface area contributed by atoms with Gasteiger partial charge in [-0.1, -0.05) is 6.92 Å². The van der Waals surface area contributed by atoms with Crippen molar-refractivity contribution >= 4 is 5.91 Å². The molecule has 90 valence electrons. The lowest BCUT2D eigenvalue weighted by Gasteiger charge is -2.12. The standard InChI is InChI=1S/C11H24N2O2/c1-4-8-15-9-6-7-13-10(3)11(14)12-5-2/h10,13H,4-9H2,1-3H3,(H,12,14). The molecule has 0 heterocycles. The predicted octanol–water partition coefficient (Wildman–Crippen LogP) is 0.917. The molecular formula is C11H24N2O2. The van der Waals surface area contributed by atoms with Gasteiger partial charge in [0.25, 0.3) is 0 Å². The van der Waals surface area contributed by atoms with Crippen LogP contribution in [0.3, 0.4) is 0 Å². The molecule has 4 heteroatoms. The van der Waals surface area contributed by atoms with Crippen molar-refractivity contribution in [3.05, 3.63) is 0 Å². The number of carbonyl (C=O) groups is 1. The first kappa shape index (κ1) is 14.4. The summed E-state index contributed by atoms with van der Waals surface area (Å²) in [5, 5.41) is 5.93. The lowest BCUT2D eigenvalue weighted by atomic mass is 10.3. The third-order valence-electron chi connectivity index (χ3n) is 2.01. The van der Waals surface area contributed by atoms with Gasteiger partial charge in [-0.3, -0.25) is 4.79 Å². The number of rotatable bonds is 9. The molecule has 0 saturated heterocycles. The summed E-state index contributed by atoms with van der Waals surface area (Å²) in [5.41, 5.74) is 0. The summed E-state index contributed by atoms with van der Waals surface area (Å²) in [6.45, 7) is 8.98. The first-order chi connectivity index (χ1) is 7.22. The van der Waals surface area contributed by atoms with Gasteiger partial charge < -0.3 is 15.4 Å². The fourth-order valence-electron chi connectivity index (χ4n) is 1.16. The molecule has 0 radical (unpaired) electrons. The van der Waals surface area contributed by atoms with Crippen molar-refractivity contribution in [2.24, 2.45) is 0 Å². The van der Waals surface area contributed by atoms with E-state index in [9.17, 15) is 4.79 Å². The van der Waals surface area contributed by atoms with Gasteiger partial charge in [-0.25, -0.2) is 0 Å². The van der Waals surface area contributed by atoms with Crippen LogP contribution in [0.15, 0.2) is 0 Å². The monoisotopic (exact) mass is 216 g/mol. The molecule has 0 fully saturated rings. The van der Waals surface area contributed by atoms with Gasteiger partial charge in [-0.2, -0.15) is 0 Å². The Labute approximate surface area is 92.8 Å². The summed E-state index contributed by atoms with van der Waals surface area (Å²) >= 11 is 0. The van der Waals surface area contributed by atoms with E-state index < -0.39 is 0 Å². The minimum atomic E-state index is -0.115. The number of amides is 1. The second kappa shape index (κ2) is 9.93. The number of likely N-dealkylation sites (N-methyl/N-ethyl adjacent to an activating group) is 1. The molecule has 2 N–H and O–H groups in total. The van der Waals surface area contributed by atoms with Crippen molar-refractivity contribution in [3.8, 4) is 0 Å². The normalized spacial score (nSPS) is 12.5. The Morgan fingerprint density at radius 2 is 2.07 bits per heavy atom. The smallest absolute Gasteiger partial charge is 0.236 e. The van der Waals surface area contributed by atoms with Gasteiger partial charge in [0.1, 0.15) is 0 Å². The largest absolute Gasteiger partial charge is 0.381 e. The second-order valence-electron chi connectivity index (χ2n) is 3.54. The maximum Gasteiger partial charge on any atom is 0.236 e. The number of carbonyl (C=O) groups excluding carboxylic acids is 1. The third kappa shape index (κ3) is 8.39. The molecule has 1 amide bonds. The van der Waals surface area contributed by atoms with Gasteiger partial charge in [0.15, 0.2) is 0 Å². The van der Waals surface area contributed by atoms with Crippen molar-refractivity contribution in [2.75, 3.05) is 26.3 Å². The van der Waals surface area contributed by atoms with Crippen LogP contribution in [0.2, 0.25) is 0 Å². The molecule has 0 spiro atoms. The van der Waals surface area contributed by atoms with E-state index >= 15 is 0 Å². The second-order valence-corrected chi connectivity index (χ2v) is 3.54. The summed E-state index contributed by atoms with van der Waals surface area (Å²) in [7, 11) is 0. The van der Waals surface area contributed by atoms with E-state index in [4.69, 9.17) is 4.74 Å². The van der Waals surface area contributed by atoms with E-state index in [0.29, 0.717) is 6.54 Å². The van der Waals surface area contributed by atoms with Crippen molar-refractivity contribution < 1.29 is 9.53 Å². The highest BCUT2D eigenvalue weighted by Crippen LogP contribution is 1.86. The Morgan fingerprint density at radius 1 is 1.33 bits per heavy atom. The van der Waals surface area contributed by atoms with Gasteiger partial charge in [-0.05, 0) is 33.2 Å². The number of hydrogen-bond acceptors (Lipinski definition) is 3. The molecule has 4 nitrogen and oxygen atoms in total. The van der Waals surface area contributed by atoms with Crippen molar-refractivity contribution in [2.45, 2.75) is 39.7 Å². The van der Waals surface area contributed by atoms with Gasteiger partial charge >= 0.3 is 0 Å². The van der Waals surface area contributed by atoms with E-state index in [1.807, 2.05) is 13.8 Å². The zero-order chi connectivity index (χ0) is 11.5. The summed E-state index contributed by atoms with van der Waals surface area (Å²) in [6, 6.07) is -0.115. The van der Waals surface area contributed by atoms with Crippen molar-refractivity contribution in [1.82, 2.24) is 10.6 Å². The number of ether oxygens (including phenoxy) is 1. The molecule has 0 aliphatic heterocycles. The molecule has 1 unspecified atom stereocenters. The van der Waals surface area contributed by atoms with Crippen LogP contribution < -0.4 is 10.6 Å². The average molecular weight is 216 g/mol. The summed E-state index contributed by atoms with van der Waals surface area (Å²) in [4.78, 5) is 11.3. The first-order valence-electron chi connectivity index (χ1n) is 5.81. The highest BCUT2D eigenvalue weighted by Gasteiger charge is 2.09. The van der Waals surface area contributed by atoms with Crippen LogP contribution in [-0.2, 0) is 9.53 Å². The van der Waals surface area contributed by atoms with E-state index in [1.54, 1.807) is 0 Å². The van der Waals surface area contributed by atoms with Gasteiger partial charge in [-0.15, -0.1) is 0 Å². The highest BCUT2D eigenvalue weighted by atomic mass is 16.5. The fourth-order valence-corrected chi connectivity index (χ4v) is 1.16. The van der Waals surface area contributed by atoms with Gasteiger partial charge in [0.05, 0.1) is 6.04 Å². The van der Waals surface area contributed by atoms with E-state index in [-0.39, 0.29) is 11.9 Å². The lowest BCUT2D eigenvalue weighted by Crippen LogP contribution is -2.42. The third-order valence-corrected chi connectivity index (χ3v) is 2.01. The van der Waals surface area contributed by atoms with Crippen molar-refractivity contribution in [1.29, 1.82) is 0 Å². The van der Waals surface area contributed by atoms with Gasteiger partial charge in [0, 0.05) is 19.8 Å². The summed E-state index contributed by atoms with van der Waals surface area (Å²) in [5.74, 6) is 0.0620. The van der Waals surface area contributed by atoms with Crippen LogP contribution in [0, 0.1) is 0 Å². The Hall–Kier alpha value is -0.610. The first-order valence-corrected chi connectivity index (χ1v) is 5.81. The SMILES string of the molecule is CCCOCCCNC(C)C(=O)NCC. The number of hydrogen-bond donors (Lipinski definition) is 2. The molecule has 0 aromatic rings. The fraction of sp³-hybridized carbons (Fsp3) is 0.909. The van der Waals surface area contributed by atoms with Crippen LogP contribution in [0.5, 0.6) is 0 Å². The van der Waals surface area contributed by atoms with Crippen LogP contribution >= 0.6 is 0 Å².